The maximum Gasteiger partial charge on any atom is 0.169 e. The zero-order valence-corrected chi connectivity index (χ0v) is 11.1. The van der Waals surface area contributed by atoms with Gasteiger partial charge in [0.15, 0.2) is 5.11 Å². The fourth-order valence-corrected chi connectivity index (χ4v) is 2.61. The molecule has 0 atom stereocenters. The summed E-state index contributed by atoms with van der Waals surface area (Å²) >= 11 is 5.46. The van der Waals surface area contributed by atoms with E-state index in [0.29, 0.717) is 6.04 Å². The van der Waals surface area contributed by atoms with Crippen LogP contribution >= 0.6 is 12.2 Å². The van der Waals surface area contributed by atoms with E-state index < -0.39 is 0 Å². The Morgan fingerprint density at radius 2 is 2.29 bits per heavy atom. The number of nitrogens with zero attached hydrogens (tertiary/aromatic N) is 1. The molecule has 4 heteroatoms. The Balaban J connectivity index is 1.86. The van der Waals surface area contributed by atoms with Crippen molar-refractivity contribution in [3.05, 3.63) is 24.2 Å². The average Bonchev–Trinajstić information content (AvgIpc) is 2.97. The summed E-state index contributed by atoms with van der Waals surface area (Å²) in [4.78, 5) is 2.15. The molecule has 3 nitrogen and oxygen atoms in total. The molecule has 1 aliphatic rings. The summed E-state index contributed by atoms with van der Waals surface area (Å²) in [6.45, 7) is 3.77. The minimum absolute atomic E-state index is 0.577. The zero-order valence-electron chi connectivity index (χ0n) is 10.3. The van der Waals surface area contributed by atoms with E-state index in [2.05, 4.69) is 17.1 Å². The molecule has 1 N–H and O–H groups in total. The second-order valence-corrected chi connectivity index (χ2v) is 4.91. The summed E-state index contributed by atoms with van der Waals surface area (Å²) in [5.74, 6) is 0.961. The molecule has 1 aromatic heterocycles. The van der Waals surface area contributed by atoms with E-state index in [-0.39, 0.29) is 0 Å². The van der Waals surface area contributed by atoms with Gasteiger partial charge in [0.1, 0.15) is 5.76 Å². The quantitative estimate of drug-likeness (QED) is 0.834. The average molecular weight is 252 g/mol. The fourth-order valence-electron chi connectivity index (χ4n) is 2.25. The maximum absolute atomic E-state index is 5.46. The van der Waals surface area contributed by atoms with Gasteiger partial charge in [0.05, 0.1) is 12.8 Å². The summed E-state index contributed by atoms with van der Waals surface area (Å²) in [7, 11) is 0. The number of hydrogen-bond acceptors (Lipinski definition) is 2. The van der Waals surface area contributed by atoms with Crippen LogP contribution in [-0.2, 0) is 6.54 Å². The van der Waals surface area contributed by atoms with Gasteiger partial charge >= 0.3 is 0 Å². The number of furan rings is 1. The second kappa shape index (κ2) is 6.05. The van der Waals surface area contributed by atoms with Gasteiger partial charge in [0, 0.05) is 12.6 Å². The predicted octanol–water partition coefficient (Wildman–Crippen LogP) is 2.92. The van der Waals surface area contributed by atoms with Crippen molar-refractivity contribution >= 4 is 17.3 Å². The van der Waals surface area contributed by atoms with Crippen LogP contribution in [0.1, 0.15) is 38.4 Å². The lowest BCUT2D eigenvalue weighted by molar-refractivity contribution is 0.366. The van der Waals surface area contributed by atoms with Gasteiger partial charge in [-0.15, -0.1) is 0 Å². The van der Waals surface area contributed by atoms with Crippen LogP contribution in [0.25, 0.3) is 0 Å². The van der Waals surface area contributed by atoms with Gasteiger partial charge in [-0.3, -0.25) is 0 Å². The lowest BCUT2D eigenvalue weighted by Crippen LogP contribution is -2.43. The first kappa shape index (κ1) is 12.4. The van der Waals surface area contributed by atoms with Gasteiger partial charge in [-0.2, -0.15) is 0 Å². The lowest BCUT2D eigenvalue weighted by atomic mass is 10.2. The monoisotopic (exact) mass is 252 g/mol. The van der Waals surface area contributed by atoms with Crippen LogP contribution in [0.15, 0.2) is 22.8 Å². The molecule has 0 bridgehead atoms. The lowest BCUT2D eigenvalue weighted by Gasteiger charge is -2.25. The third-order valence-electron chi connectivity index (χ3n) is 3.28. The van der Waals surface area contributed by atoms with Crippen molar-refractivity contribution in [3.63, 3.8) is 0 Å². The first-order chi connectivity index (χ1) is 8.29. The van der Waals surface area contributed by atoms with Gasteiger partial charge in [-0.1, -0.05) is 12.8 Å². The largest absolute Gasteiger partial charge is 0.467 e. The Labute approximate surface area is 108 Å². The van der Waals surface area contributed by atoms with Gasteiger partial charge in [-0.05, 0) is 44.1 Å². The summed E-state index contributed by atoms with van der Waals surface area (Å²) in [5.41, 5.74) is 0. The standard InChI is InChI=1S/C13H20N2OS/c1-2-15(10-12-8-5-9-16-12)13(17)14-11-6-3-4-7-11/h5,8-9,11H,2-4,6-7,10H2,1H3,(H,14,17). The summed E-state index contributed by atoms with van der Waals surface area (Å²) in [5, 5.41) is 4.32. The highest BCUT2D eigenvalue weighted by molar-refractivity contribution is 7.80. The van der Waals surface area contributed by atoms with E-state index in [1.165, 1.54) is 25.7 Å². The van der Waals surface area contributed by atoms with Crippen molar-refractivity contribution in [1.29, 1.82) is 0 Å². The van der Waals surface area contributed by atoms with Crippen LogP contribution < -0.4 is 5.32 Å². The Bertz CT molecular complexity index is 344. The molecule has 1 aliphatic carbocycles. The van der Waals surface area contributed by atoms with Crippen molar-refractivity contribution in [2.24, 2.45) is 0 Å². The normalized spacial score (nSPS) is 16.1. The molecule has 17 heavy (non-hydrogen) atoms. The molecule has 2 rings (SSSR count). The molecule has 0 amide bonds. The van der Waals surface area contributed by atoms with Gasteiger partial charge in [0.2, 0.25) is 0 Å². The first-order valence-corrected chi connectivity index (χ1v) is 6.78. The van der Waals surface area contributed by atoms with Crippen LogP contribution in [0.5, 0.6) is 0 Å². The Hall–Kier alpha value is -1.03. The molecular formula is C13H20N2OS. The second-order valence-electron chi connectivity index (χ2n) is 4.52. The van der Waals surface area contributed by atoms with Gasteiger partial charge < -0.3 is 14.6 Å². The molecule has 0 spiro atoms. The summed E-state index contributed by atoms with van der Waals surface area (Å²) in [6.07, 6.45) is 6.85. The molecule has 0 saturated heterocycles. The molecule has 0 unspecified atom stereocenters. The van der Waals surface area contributed by atoms with Crippen molar-refractivity contribution in [3.8, 4) is 0 Å². The van der Waals surface area contributed by atoms with Crippen LogP contribution in [0.4, 0.5) is 0 Å². The smallest absolute Gasteiger partial charge is 0.169 e. The maximum atomic E-state index is 5.46. The molecule has 94 valence electrons. The number of nitrogens with one attached hydrogen (secondary N) is 1. The van der Waals surface area contributed by atoms with Crippen LogP contribution in [0.2, 0.25) is 0 Å². The zero-order chi connectivity index (χ0) is 12.1. The van der Waals surface area contributed by atoms with Crippen LogP contribution in [0, 0.1) is 0 Å². The van der Waals surface area contributed by atoms with Crippen LogP contribution in [-0.4, -0.2) is 22.6 Å². The number of hydrogen-bond donors (Lipinski definition) is 1. The minimum Gasteiger partial charge on any atom is -0.467 e. The van der Waals surface area contributed by atoms with E-state index in [4.69, 9.17) is 16.6 Å². The highest BCUT2D eigenvalue weighted by Crippen LogP contribution is 2.18. The molecule has 0 aromatic carbocycles. The highest BCUT2D eigenvalue weighted by Gasteiger charge is 2.18. The van der Waals surface area contributed by atoms with Crippen molar-refractivity contribution in [2.45, 2.75) is 45.2 Å². The summed E-state index contributed by atoms with van der Waals surface area (Å²) in [6, 6.07) is 4.48. The molecular weight excluding hydrogens is 232 g/mol. The fraction of sp³-hybridized carbons (Fsp3) is 0.615. The SMILES string of the molecule is CCN(Cc1ccco1)C(=S)NC1CCCC1. The van der Waals surface area contributed by atoms with Crippen molar-refractivity contribution in [2.75, 3.05) is 6.54 Å². The Morgan fingerprint density at radius 3 is 2.88 bits per heavy atom. The van der Waals surface area contributed by atoms with Gasteiger partial charge in [0.25, 0.3) is 0 Å². The van der Waals surface area contributed by atoms with Crippen molar-refractivity contribution < 1.29 is 4.42 Å². The summed E-state index contributed by atoms with van der Waals surface area (Å²) < 4.78 is 5.36. The minimum atomic E-state index is 0.577. The van der Waals surface area contributed by atoms with E-state index in [9.17, 15) is 0 Å². The molecule has 0 radical (unpaired) electrons. The highest BCUT2D eigenvalue weighted by atomic mass is 32.1. The molecule has 1 fully saturated rings. The molecule has 0 aliphatic heterocycles. The molecule has 1 heterocycles. The molecule has 1 saturated carbocycles. The first-order valence-electron chi connectivity index (χ1n) is 6.37. The predicted molar refractivity (Wildman–Crippen MR) is 72.8 cm³/mol. The Kier molecular flexibility index (Phi) is 4.42. The number of thiocarbonyl (C=S) groups is 1. The van der Waals surface area contributed by atoms with Crippen molar-refractivity contribution in [1.82, 2.24) is 10.2 Å². The van der Waals surface area contributed by atoms with Crippen LogP contribution in [0.3, 0.4) is 0 Å². The Morgan fingerprint density at radius 1 is 1.53 bits per heavy atom. The third kappa shape index (κ3) is 3.46. The molecule has 1 aromatic rings. The van der Waals surface area contributed by atoms with E-state index in [1.54, 1.807) is 6.26 Å². The van der Waals surface area contributed by atoms with Gasteiger partial charge in [-0.25, -0.2) is 0 Å². The number of rotatable bonds is 4. The topological polar surface area (TPSA) is 28.4 Å². The van der Waals surface area contributed by atoms with E-state index >= 15 is 0 Å². The third-order valence-corrected chi connectivity index (χ3v) is 3.65. The van der Waals surface area contributed by atoms with E-state index in [0.717, 1.165) is 24.0 Å². The van der Waals surface area contributed by atoms with E-state index in [1.807, 2.05) is 12.1 Å².